The molecule has 0 aliphatic carbocycles. The molecule has 0 bridgehead atoms. The van der Waals surface area contributed by atoms with Gasteiger partial charge >= 0.3 is 1.43 Å². The molecule has 0 amide bonds. The minimum atomic E-state index is -0.328. The van der Waals surface area contributed by atoms with Gasteiger partial charge in [-0.15, -0.1) is 0 Å². The van der Waals surface area contributed by atoms with Crippen LogP contribution in [0.4, 0.5) is 4.39 Å². The zero-order chi connectivity index (χ0) is 16.1. The van der Waals surface area contributed by atoms with Gasteiger partial charge in [0.25, 0.3) is 0 Å². The summed E-state index contributed by atoms with van der Waals surface area (Å²) in [6.45, 7) is 3.72. The molecule has 1 atom stereocenters. The van der Waals surface area contributed by atoms with E-state index in [0.29, 0.717) is 25.3 Å². The molecule has 1 heterocycles. The van der Waals surface area contributed by atoms with Crippen LogP contribution in [0.15, 0.2) is 54.6 Å². The van der Waals surface area contributed by atoms with E-state index in [0.717, 1.165) is 18.7 Å². The van der Waals surface area contributed by atoms with Crippen LogP contribution in [0.2, 0.25) is 0 Å². The van der Waals surface area contributed by atoms with E-state index >= 15 is 0 Å². The van der Waals surface area contributed by atoms with Gasteiger partial charge in [0.1, 0.15) is 5.82 Å². The maximum absolute atomic E-state index is 13.1. The normalized spacial score (nSPS) is 16.2. The number of ether oxygens (including phenoxy) is 1. The smallest absolute Gasteiger partial charge is 1.00 e. The number of benzene rings is 2. The molecule has 2 aromatic carbocycles. The third kappa shape index (κ3) is 4.63. The molecule has 1 unspecified atom stereocenters. The lowest BCUT2D eigenvalue weighted by atomic mass is 9.90. The number of Topliss-reactive ketones (excluding diaryl/α,β-unsaturated/α-hetero) is 1. The first-order valence-corrected chi connectivity index (χ1v) is 7.89. The molecule has 24 heavy (non-hydrogen) atoms. The number of carbonyl (C=O) groups excluding carboxylic acids is 1. The van der Waals surface area contributed by atoms with Gasteiger partial charge < -0.3 is 17.1 Å². The molecule has 0 radical (unpaired) electrons. The summed E-state index contributed by atoms with van der Waals surface area (Å²) in [6, 6.07) is 15.6. The lowest BCUT2D eigenvalue weighted by molar-refractivity contribution is -0.0000137. The summed E-state index contributed by atoms with van der Waals surface area (Å²) in [6.07, 6.45) is 0. The SMILES string of the molecule is O=C(c1ccc(F)cc1)C(CN1CCOCC1)c1ccccc1.[Cl-].[H+]. The number of morpholine rings is 1. The van der Waals surface area contributed by atoms with Gasteiger partial charge in [0, 0.05) is 25.2 Å². The Kier molecular flexibility index (Phi) is 6.91. The molecule has 0 aromatic heterocycles. The van der Waals surface area contributed by atoms with Crippen LogP contribution < -0.4 is 12.4 Å². The zero-order valence-corrected chi connectivity index (χ0v) is 14.1. The van der Waals surface area contributed by atoms with Gasteiger partial charge in [-0.2, -0.15) is 0 Å². The lowest BCUT2D eigenvalue weighted by Crippen LogP contribution is -3.00. The van der Waals surface area contributed by atoms with E-state index in [2.05, 4.69) is 4.90 Å². The van der Waals surface area contributed by atoms with Crippen LogP contribution in [0.3, 0.4) is 0 Å². The standard InChI is InChI=1S/C19H20FNO2.ClH/c20-17-8-6-16(7-9-17)19(22)18(15-4-2-1-3-5-15)14-21-10-12-23-13-11-21;/h1-9,18H,10-14H2;1H. The number of carbonyl (C=O) groups is 1. The number of nitrogens with zero attached hydrogens (tertiary/aromatic N) is 1. The summed E-state index contributed by atoms with van der Waals surface area (Å²) >= 11 is 0. The molecule has 1 aliphatic rings. The highest BCUT2D eigenvalue weighted by atomic mass is 35.5. The van der Waals surface area contributed by atoms with Crippen molar-refractivity contribution in [1.82, 2.24) is 4.90 Å². The van der Waals surface area contributed by atoms with Crippen molar-refractivity contribution in [3.8, 4) is 0 Å². The minimum absolute atomic E-state index is 0. The highest BCUT2D eigenvalue weighted by Crippen LogP contribution is 2.23. The van der Waals surface area contributed by atoms with E-state index in [-0.39, 0.29) is 31.4 Å². The summed E-state index contributed by atoms with van der Waals surface area (Å²) in [7, 11) is 0. The third-order valence-electron chi connectivity index (χ3n) is 4.19. The average Bonchev–Trinajstić information content (AvgIpc) is 2.61. The Labute approximate surface area is 149 Å². The molecule has 0 saturated carbocycles. The van der Waals surface area contributed by atoms with Gasteiger partial charge in [-0.25, -0.2) is 4.39 Å². The molecule has 0 spiro atoms. The van der Waals surface area contributed by atoms with E-state index in [1.54, 1.807) is 12.1 Å². The van der Waals surface area contributed by atoms with E-state index in [1.165, 1.54) is 12.1 Å². The van der Waals surface area contributed by atoms with E-state index < -0.39 is 0 Å². The largest absolute Gasteiger partial charge is 1.00 e. The predicted octanol–water partition coefficient (Wildman–Crippen LogP) is 0.241. The van der Waals surface area contributed by atoms with Gasteiger partial charge in [-0.1, -0.05) is 30.3 Å². The number of ketones is 1. The molecular formula is C19H21ClFNO2. The predicted molar refractivity (Wildman–Crippen MR) is 88.3 cm³/mol. The summed E-state index contributed by atoms with van der Waals surface area (Å²) in [5.41, 5.74) is 1.54. The zero-order valence-electron chi connectivity index (χ0n) is 14.3. The van der Waals surface area contributed by atoms with Crippen molar-refractivity contribution < 1.29 is 27.8 Å². The Hall–Kier alpha value is -1.75. The number of rotatable bonds is 5. The minimum Gasteiger partial charge on any atom is -1.00 e. The van der Waals surface area contributed by atoms with Crippen LogP contribution in [-0.4, -0.2) is 43.5 Å². The van der Waals surface area contributed by atoms with Gasteiger partial charge in [-0.05, 0) is 29.8 Å². The Morgan fingerprint density at radius 1 is 1.08 bits per heavy atom. The highest BCUT2D eigenvalue weighted by molar-refractivity contribution is 6.01. The van der Waals surface area contributed by atoms with Crippen LogP contribution in [-0.2, 0) is 4.74 Å². The van der Waals surface area contributed by atoms with Crippen LogP contribution in [0.5, 0.6) is 0 Å². The second-order valence-electron chi connectivity index (χ2n) is 5.75. The Bertz CT molecular complexity index is 648. The fourth-order valence-corrected chi connectivity index (χ4v) is 2.88. The van der Waals surface area contributed by atoms with Crippen molar-refractivity contribution in [3.05, 3.63) is 71.5 Å². The van der Waals surface area contributed by atoms with Crippen LogP contribution in [0.25, 0.3) is 0 Å². The van der Waals surface area contributed by atoms with Gasteiger partial charge in [0.2, 0.25) is 0 Å². The molecule has 3 nitrogen and oxygen atoms in total. The van der Waals surface area contributed by atoms with Crippen LogP contribution >= 0.6 is 0 Å². The number of hydrogen-bond acceptors (Lipinski definition) is 3. The maximum atomic E-state index is 13.1. The molecule has 2 aromatic rings. The van der Waals surface area contributed by atoms with E-state index in [1.807, 2.05) is 30.3 Å². The first-order valence-electron chi connectivity index (χ1n) is 7.89. The third-order valence-corrected chi connectivity index (χ3v) is 4.19. The summed E-state index contributed by atoms with van der Waals surface area (Å²) in [4.78, 5) is 15.2. The lowest BCUT2D eigenvalue weighted by Gasteiger charge is -2.30. The molecule has 3 rings (SSSR count). The maximum Gasteiger partial charge on any atom is 1.00 e. The Morgan fingerprint density at radius 3 is 2.33 bits per heavy atom. The summed E-state index contributed by atoms with van der Waals surface area (Å²) in [5.74, 6) is -0.548. The highest BCUT2D eigenvalue weighted by Gasteiger charge is 2.25. The fraction of sp³-hybridized carbons (Fsp3) is 0.316. The first-order chi connectivity index (χ1) is 11.2. The van der Waals surface area contributed by atoms with Crippen LogP contribution in [0.1, 0.15) is 23.3 Å². The van der Waals surface area contributed by atoms with Gasteiger partial charge in [0.15, 0.2) is 5.78 Å². The Morgan fingerprint density at radius 2 is 1.71 bits per heavy atom. The fourth-order valence-electron chi connectivity index (χ4n) is 2.88. The topological polar surface area (TPSA) is 29.5 Å². The van der Waals surface area contributed by atoms with Crippen molar-refractivity contribution in [2.24, 2.45) is 0 Å². The molecule has 5 heteroatoms. The number of halogens is 2. The quantitative estimate of drug-likeness (QED) is 0.724. The van der Waals surface area contributed by atoms with Crippen molar-refractivity contribution in [2.75, 3.05) is 32.8 Å². The molecule has 1 aliphatic heterocycles. The monoisotopic (exact) mass is 349 g/mol. The molecule has 128 valence electrons. The number of hydrogen-bond donors (Lipinski definition) is 0. The molecule has 1 saturated heterocycles. The average molecular weight is 350 g/mol. The second kappa shape index (κ2) is 8.92. The van der Waals surface area contributed by atoms with Crippen molar-refractivity contribution >= 4 is 5.78 Å². The molecular weight excluding hydrogens is 329 g/mol. The molecule has 0 N–H and O–H groups in total. The summed E-state index contributed by atoms with van der Waals surface area (Å²) in [5, 5.41) is 0. The second-order valence-corrected chi connectivity index (χ2v) is 5.75. The van der Waals surface area contributed by atoms with Gasteiger partial charge in [0.05, 0.1) is 19.1 Å². The van der Waals surface area contributed by atoms with Crippen molar-refractivity contribution in [3.63, 3.8) is 0 Å². The van der Waals surface area contributed by atoms with Gasteiger partial charge in [-0.3, -0.25) is 9.69 Å². The van der Waals surface area contributed by atoms with E-state index in [9.17, 15) is 9.18 Å². The van der Waals surface area contributed by atoms with Crippen molar-refractivity contribution in [1.29, 1.82) is 0 Å². The van der Waals surface area contributed by atoms with E-state index in [4.69, 9.17) is 4.74 Å². The summed E-state index contributed by atoms with van der Waals surface area (Å²) < 4.78 is 18.5. The first kappa shape index (κ1) is 18.6. The van der Waals surface area contributed by atoms with Crippen LogP contribution in [0, 0.1) is 5.82 Å². The molecule has 1 fully saturated rings. The van der Waals surface area contributed by atoms with Crippen molar-refractivity contribution in [2.45, 2.75) is 5.92 Å². The Balaban J connectivity index is 0.00000156.